The van der Waals surface area contributed by atoms with Gasteiger partial charge in [0, 0.05) is 12.3 Å². The second-order valence-corrected chi connectivity index (χ2v) is 5.22. The summed E-state index contributed by atoms with van der Waals surface area (Å²) in [5.41, 5.74) is 6.27. The van der Waals surface area contributed by atoms with Crippen LogP contribution >= 0.6 is 0 Å². The molecule has 0 saturated heterocycles. The van der Waals surface area contributed by atoms with E-state index < -0.39 is 5.97 Å². The van der Waals surface area contributed by atoms with Gasteiger partial charge in [-0.25, -0.2) is 4.79 Å². The van der Waals surface area contributed by atoms with E-state index in [1.165, 1.54) is 56.7 Å². The topological polar surface area (TPSA) is 104 Å². The van der Waals surface area contributed by atoms with E-state index in [1.807, 2.05) is 0 Å². The lowest BCUT2D eigenvalue weighted by atomic mass is 10.1. The van der Waals surface area contributed by atoms with Gasteiger partial charge in [0.15, 0.2) is 0 Å². The molecule has 0 amide bonds. The maximum atomic E-state index is 10.5. The Balaban J connectivity index is 0.000000409. The number of carboxylic acid groups (broad SMARTS) is 1. The van der Waals surface area contributed by atoms with Crippen LogP contribution in [0.15, 0.2) is 18.2 Å². The number of aromatic carboxylic acids is 1. The van der Waals surface area contributed by atoms with Gasteiger partial charge in [0.1, 0.15) is 0 Å². The monoisotopic (exact) mass is 311 g/mol. The molecule has 0 aliphatic rings. The molecule has 0 aromatic heterocycles. The van der Waals surface area contributed by atoms with Crippen molar-refractivity contribution in [3.63, 3.8) is 0 Å². The Morgan fingerprint density at radius 2 is 1.64 bits per heavy atom. The second kappa shape index (κ2) is 13.1. The maximum absolute atomic E-state index is 10.5. The third-order valence-electron chi connectivity index (χ3n) is 3.29. The largest absolute Gasteiger partial charge is 0.478 e. The molecule has 0 heterocycles. The summed E-state index contributed by atoms with van der Waals surface area (Å²) in [6, 6.07) is 4.31. The van der Waals surface area contributed by atoms with Gasteiger partial charge in [-0.3, -0.25) is 0 Å². The summed E-state index contributed by atoms with van der Waals surface area (Å²) in [5.74, 6) is -1.06. The molecule has 1 rings (SSSR count). The molecule has 0 radical (unpaired) electrons. The number of hydrogen-bond acceptors (Lipinski definition) is 4. The van der Waals surface area contributed by atoms with Gasteiger partial charge in [-0.1, -0.05) is 45.4 Å². The number of nitrogens with two attached hydrogens (primary N) is 1. The highest BCUT2D eigenvalue weighted by Gasteiger charge is 2.08. The normalized spacial score (nSPS) is 9.95. The Bertz CT molecular complexity index is 413. The van der Waals surface area contributed by atoms with Crippen molar-refractivity contribution >= 4 is 11.7 Å². The first kappa shape index (κ1) is 20.4. The van der Waals surface area contributed by atoms with Crippen LogP contribution in [0.2, 0.25) is 0 Å². The first-order valence-electron chi connectivity index (χ1n) is 7.90. The maximum Gasteiger partial charge on any atom is 0.336 e. The molecule has 0 fully saturated rings. The first-order chi connectivity index (χ1) is 10.6. The number of nitrogen functional groups attached to an aromatic ring is 1. The van der Waals surface area contributed by atoms with Crippen molar-refractivity contribution < 1.29 is 20.1 Å². The SMILES string of the molecule is CCCCCCCCCO.Nc1ccc(C(=O)O)c(CO)c1. The van der Waals surface area contributed by atoms with Gasteiger partial charge in [-0.05, 0) is 30.2 Å². The number of carbonyl (C=O) groups is 1. The lowest BCUT2D eigenvalue weighted by Gasteiger charge is -2.02. The van der Waals surface area contributed by atoms with E-state index in [-0.39, 0.29) is 12.2 Å². The number of rotatable bonds is 9. The highest BCUT2D eigenvalue weighted by molar-refractivity contribution is 5.89. The molecule has 0 saturated carbocycles. The summed E-state index contributed by atoms with van der Waals surface area (Å²) in [6.07, 6.45) is 8.93. The molecule has 0 spiro atoms. The first-order valence-corrected chi connectivity index (χ1v) is 7.90. The minimum atomic E-state index is -1.06. The number of hydrogen-bond donors (Lipinski definition) is 4. The second-order valence-electron chi connectivity index (χ2n) is 5.22. The minimum Gasteiger partial charge on any atom is -0.478 e. The van der Waals surface area contributed by atoms with Gasteiger partial charge in [0.25, 0.3) is 0 Å². The van der Waals surface area contributed by atoms with Crippen LogP contribution in [0.5, 0.6) is 0 Å². The van der Waals surface area contributed by atoms with Gasteiger partial charge in [-0.2, -0.15) is 0 Å². The summed E-state index contributed by atoms with van der Waals surface area (Å²) in [5, 5.41) is 25.9. The number of unbranched alkanes of at least 4 members (excludes halogenated alkanes) is 6. The van der Waals surface area contributed by atoms with Crippen LogP contribution in [0.1, 0.15) is 67.8 Å². The van der Waals surface area contributed by atoms with Gasteiger partial charge in [-0.15, -0.1) is 0 Å². The summed E-state index contributed by atoms with van der Waals surface area (Å²) in [4.78, 5) is 10.5. The summed E-state index contributed by atoms with van der Waals surface area (Å²) < 4.78 is 0. The molecule has 1 aromatic rings. The number of benzene rings is 1. The van der Waals surface area contributed by atoms with Crippen molar-refractivity contribution in [2.75, 3.05) is 12.3 Å². The predicted molar refractivity (Wildman–Crippen MR) is 88.8 cm³/mol. The van der Waals surface area contributed by atoms with Crippen molar-refractivity contribution in [2.45, 2.75) is 58.5 Å². The fraction of sp³-hybridized carbons (Fsp3) is 0.588. The van der Waals surface area contributed by atoms with Crippen LogP contribution < -0.4 is 5.73 Å². The van der Waals surface area contributed by atoms with Crippen LogP contribution in [0, 0.1) is 0 Å². The lowest BCUT2D eigenvalue weighted by Crippen LogP contribution is -2.03. The van der Waals surface area contributed by atoms with Crippen molar-refractivity contribution in [3.8, 4) is 0 Å². The molecular formula is C17H29NO4. The Morgan fingerprint density at radius 3 is 2.14 bits per heavy atom. The van der Waals surface area contributed by atoms with Crippen LogP contribution in [0.25, 0.3) is 0 Å². The lowest BCUT2D eigenvalue weighted by molar-refractivity contribution is 0.0693. The van der Waals surface area contributed by atoms with Crippen molar-refractivity contribution in [1.82, 2.24) is 0 Å². The molecule has 1 aromatic carbocycles. The molecule has 5 N–H and O–H groups in total. The number of anilines is 1. The predicted octanol–water partition coefficient (Wildman–Crippen LogP) is 3.19. The average molecular weight is 311 g/mol. The third-order valence-corrected chi connectivity index (χ3v) is 3.29. The molecule has 126 valence electrons. The molecule has 0 atom stereocenters. The molecule has 0 aliphatic heterocycles. The number of aliphatic hydroxyl groups excluding tert-OH is 2. The van der Waals surface area contributed by atoms with E-state index in [0.29, 0.717) is 17.9 Å². The third kappa shape index (κ3) is 9.37. The molecule has 0 aliphatic carbocycles. The summed E-state index contributed by atoms with van der Waals surface area (Å²) in [6.45, 7) is 2.29. The quantitative estimate of drug-likeness (QED) is 0.414. The number of aliphatic hydroxyl groups is 2. The van der Waals surface area contributed by atoms with Gasteiger partial charge < -0.3 is 21.1 Å². The van der Waals surface area contributed by atoms with E-state index in [4.69, 9.17) is 21.1 Å². The fourth-order valence-corrected chi connectivity index (χ4v) is 2.02. The molecule has 5 heteroatoms. The smallest absolute Gasteiger partial charge is 0.336 e. The highest BCUT2D eigenvalue weighted by atomic mass is 16.4. The Hall–Kier alpha value is -1.59. The van der Waals surface area contributed by atoms with E-state index in [0.717, 1.165) is 6.42 Å². The van der Waals surface area contributed by atoms with E-state index >= 15 is 0 Å². The Labute approximate surface area is 132 Å². The van der Waals surface area contributed by atoms with Crippen molar-refractivity contribution in [2.24, 2.45) is 0 Å². The van der Waals surface area contributed by atoms with Crippen molar-refractivity contribution in [3.05, 3.63) is 29.3 Å². The van der Waals surface area contributed by atoms with E-state index in [1.54, 1.807) is 0 Å². The van der Waals surface area contributed by atoms with Gasteiger partial charge in [0.2, 0.25) is 0 Å². The molecule has 0 unspecified atom stereocenters. The summed E-state index contributed by atoms with van der Waals surface area (Å²) in [7, 11) is 0. The number of carboxylic acids is 1. The van der Waals surface area contributed by atoms with Crippen LogP contribution in [-0.2, 0) is 6.61 Å². The van der Waals surface area contributed by atoms with Gasteiger partial charge in [0.05, 0.1) is 12.2 Å². The van der Waals surface area contributed by atoms with E-state index in [9.17, 15) is 4.79 Å². The Morgan fingerprint density at radius 1 is 1.05 bits per heavy atom. The summed E-state index contributed by atoms with van der Waals surface area (Å²) >= 11 is 0. The zero-order valence-corrected chi connectivity index (χ0v) is 13.4. The van der Waals surface area contributed by atoms with E-state index in [2.05, 4.69) is 6.92 Å². The standard InChI is InChI=1S/C9H20O.C8H9NO3/c1-2-3-4-5-6-7-8-9-10;9-6-1-2-7(8(11)12)5(3-6)4-10/h10H,2-9H2,1H3;1-3,10H,4,9H2,(H,11,12). The highest BCUT2D eigenvalue weighted by Crippen LogP contribution is 2.13. The molecule has 0 bridgehead atoms. The Kier molecular flexibility index (Phi) is 12.2. The van der Waals surface area contributed by atoms with Crippen molar-refractivity contribution in [1.29, 1.82) is 0 Å². The zero-order chi connectivity index (χ0) is 16.8. The van der Waals surface area contributed by atoms with Gasteiger partial charge >= 0.3 is 5.97 Å². The fourth-order valence-electron chi connectivity index (χ4n) is 2.02. The molecular weight excluding hydrogens is 282 g/mol. The zero-order valence-electron chi connectivity index (χ0n) is 13.4. The van der Waals surface area contributed by atoms with Crippen LogP contribution in [0.3, 0.4) is 0 Å². The molecule has 22 heavy (non-hydrogen) atoms. The van der Waals surface area contributed by atoms with Crippen LogP contribution in [-0.4, -0.2) is 27.9 Å². The van der Waals surface area contributed by atoms with Crippen LogP contribution in [0.4, 0.5) is 5.69 Å². The molecule has 5 nitrogen and oxygen atoms in total. The minimum absolute atomic E-state index is 0.0895. The average Bonchev–Trinajstić information content (AvgIpc) is 2.51.